The van der Waals surface area contributed by atoms with Crippen molar-refractivity contribution < 1.29 is 9.53 Å². The van der Waals surface area contributed by atoms with E-state index in [1.807, 2.05) is 25.1 Å². The highest BCUT2D eigenvalue weighted by Gasteiger charge is 2.16. The van der Waals surface area contributed by atoms with E-state index in [1.165, 1.54) is 0 Å². The molecule has 0 aliphatic carbocycles. The van der Waals surface area contributed by atoms with Crippen LogP contribution >= 0.6 is 0 Å². The highest BCUT2D eigenvalue weighted by atomic mass is 16.5. The summed E-state index contributed by atoms with van der Waals surface area (Å²) in [7, 11) is 0. The summed E-state index contributed by atoms with van der Waals surface area (Å²) in [6, 6.07) is 12.8. The zero-order chi connectivity index (χ0) is 25.5. The lowest BCUT2D eigenvalue weighted by molar-refractivity contribution is 0.0444. The summed E-state index contributed by atoms with van der Waals surface area (Å²) in [5, 5.41) is 9.62. The molecule has 11 heteroatoms. The zero-order valence-corrected chi connectivity index (χ0v) is 20.4. The Labute approximate surface area is 214 Å². The third-order valence-electron chi connectivity index (χ3n) is 5.74. The number of ether oxygens (including phenoxy) is 1. The number of aromatic nitrogens is 6. The summed E-state index contributed by atoms with van der Waals surface area (Å²) >= 11 is 0. The predicted octanol–water partition coefficient (Wildman–Crippen LogP) is 3.82. The number of carbonyl (C=O) groups excluding carboxylic acids is 1. The summed E-state index contributed by atoms with van der Waals surface area (Å²) in [6.45, 7) is 3.24. The molecule has 188 valence electrons. The lowest BCUT2D eigenvalue weighted by atomic mass is 10.1. The van der Waals surface area contributed by atoms with Crippen LogP contribution in [0, 0.1) is 6.92 Å². The van der Waals surface area contributed by atoms with Crippen LogP contribution in [-0.2, 0) is 4.74 Å². The van der Waals surface area contributed by atoms with Gasteiger partial charge >= 0.3 is 5.97 Å². The average Bonchev–Trinajstić information content (AvgIpc) is 2.93. The number of pyridine rings is 2. The Bertz CT molecular complexity index is 1360. The number of hydrogen-bond donors (Lipinski definition) is 3. The summed E-state index contributed by atoms with van der Waals surface area (Å²) in [5.41, 5.74) is 2.47. The average molecular weight is 498 g/mol. The molecule has 0 unspecified atom stereocenters. The molecule has 0 amide bonds. The normalized spacial score (nSPS) is 15.1. The number of esters is 1. The van der Waals surface area contributed by atoms with Gasteiger partial charge in [-0.3, -0.25) is 0 Å². The molecule has 0 spiro atoms. The second-order valence-corrected chi connectivity index (χ2v) is 8.62. The Morgan fingerprint density at radius 2 is 1.84 bits per heavy atom. The molecule has 1 aliphatic rings. The maximum atomic E-state index is 12.3. The molecule has 1 aliphatic heterocycles. The number of nitrogens with one attached hydrogen (secondary N) is 3. The van der Waals surface area contributed by atoms with Crippen LogP contribution < -0.4 is 16.0 Å². The monoisotopic (exact) mass is 497 g/mol. The van der Waals surface area contributed by atoms with Gasteiger partial charge in [-0.15, -0.1) is 0 Å². The lowest BCUT2D eigenvalue weighted by Gasteiger charge is -2.22. The van der Waals surface area contributed by atoms with Crippen molar-refractivity contribution in [3.8, 4) is 11.5 Å². The largest absolute Gasteiger partial charge is 0.459 e. The minimum Gasteiger partial charge on any atom is -0.459 e. The Hall–Kier alpha value is -4.51. The standard InChI is InChI=1S/C26H27N9O2/c1-17-5-4-7-20(31-17)24-28-13-10-22(34-24)33-23-11-14-29-26(35-23)32-18-8-9-21(30-15-18)25(36)37-16-19-6-2-3-12-27-19/h4-5,7-11,13-15,19,27H,2-3,6,12,16H2,1H3,(H2,28,29,32,33,34,35)/t19-/m0/s1. The molecule has 1 saturated heterocycles. The van der Waals surface area contributed by atoms with Gasteiger partial charge in [-0.2, -0.15) is 4.98 Å². The van der Waals surface area contributed by atoms with Gasteiger partial charge in [0.2, 0.25) is 5.95 Å². The number of aryl methyl sites for hydroxylation is 1. The van der Waals surface area contributed by atoms with E-state index in [0.29, 0.717) is 41.4 Å². The third-order valence-corrected chi connectivity index (χ3v) is 5.74. The smallest absolute Gasteiger partial charge is 0.356 e. The lowest BCUT2D eigenvalue weighted by Crippen LogP contribution is -2.38. The fourth-order valence-electron chi connectivity index (χ4n) is 3.87. The second-order valence-electron chi connectivity index (χ2n) is 8.62. The van der Waals surface area contributed by atoms with Crippen LogP contribution in [-0.4, -0.2) is 55.1 Å². The van der Waals surface area contributed by atoms with E-state index in [4.69, 9.17) is 4.74 Å². The van der Waals surface area contributed by atoms with E-state index in [9.17, 15) is 4.79 Å². The van der Waals surface area contributed by atoms with Crippen LogP contribution in [0.3, 0.4) is 0 Å². The van der Waals surface area contributed by atoms with E-state index in [2.05, 4.69) is 45.9 Å². The maximum absolute atomic E-state index is 12.3. The van der Waals surface area contributed by atoms with Crippen molar-refractivity contribution in [3.63, 3.8) is 0 Å². The molecule has 11 nitrogen and oxygen atoms in total. The highest BCUT2D eigenvalue weighted by molar-refractivity contribution is 5.87. The van der Waals surface area contributed by atoms with Crippen LogP contribution in [0.15, 0.2) is 61.1 Å². The van der Waals surface area contributed by atoms with Crippen LogP contribution in [0.5, 0.6) is 0 Å². The molecular formula is C26H27N9O2. The summed E-state index contributed by atoms with van der Waals surface area (Å²) in [5.74, 6) is 1.56. The first kappa shape index (κ1) is 24.2. The van der Waals surface area contributed by atoms with E-state index in [0.717, 1.165) is 31.5 Å². The Balaban J connectivity index is 1.20. The van der Waals surface area contributed by atoms with Crippen LogP contribution in [0.4, 0.5) is 23.3 Å². The first-order chi connectivity index (χ1) is 18.1. The number of rotatable bonds is 8. The number of piperidine rings is 1. The van der Waals surface area contributed by atoms with Crippen molar-refractivity contribution in [2.45, 2.75) is 32.2 Å². The number of nitrogens with zero attached hydrogens (tertiary/aromatic N) is 6. The van der Waals surface area contributed by atoms with Gasteiger partial charge in [0.25, 0.3) is 0 Å². The van der Waals surface area contributed by atoms with Crippen molar-refractivity contribution in [1.82, 2.24) is 35.2 Å². The SMILES string of the molecule is Cc1cccc(-c2nccc(Nc3ccnc(Nc4ccc(C(=O)OC[C@@H]5CCCCN5)nc4)n3)n2)n1. The Kier molecular flexibility index (Phi) is 7.51. The fraction of sp³-hybridized carbons (Fsp3) is 0.269. The van der Waals surface area contributed by atoms with Gasteiger partial charge in [-0.1, -0.05) is 12.5 Å². The highest BCUT2D eigenvalue weighted by Crippen LogP contribution is 2.19. The van der Waals surface area contributed by atoms with Gasteiger partial charge in [0, 0.05) is 24.1 Å². The van der Waals surface area contributed by atoms with Crippen molar-refractivity contribution in [2.24, 2.45) is 0 Å². The van der Waals surface area contributed by atoms with E-state index >= 15 is 0 Å². The minimum atomic E-state index is -0.438. The first-order valence-electron chi connectivity index (χ1n) is 12.1. The van der Waals surface area contributed by atoms with Gasteiger partial charge in [-0.05, 0) is 62.7 Å². The fourth-order valence-corrected chi connectivity index (χ4v) is 3.87. The van der Waals surface area contributed by atoms with Crippen molar-refractivity contribution >= 4 is 29.2 Å². The summed E-state index contributed by atoms with van der Waals surface area (Å²) in [6.07, 6.45) is 8.16. The van der Waals surface area contributed by atoms with Crippen LogP contribution in [0.1, 0.15) is 35.4 Å². The van der Waals surface area contributed by atoms with Gasteiger partial charge in [0.05, 0.1) is 11.9 Å². The van der Waals surface area contributed by atoms with E-state index in [-0.39, 0.29) is 11.7 Å². The number of hydrogen-bond acceptors (Lipinski definition) is 11. The second kappa shape index (κ2) is 11.5. The molecule has 3 N–H and O–H groups in total. The molecule has 0 saturated carbocycles. The molecule has 4 aromatic heterocycles. The van der Waals surface area contributed by atoms with Crippen molar-refractivity contribution in [1.29, 1.82) is 0 Å². The molecule has 5 rings (SSSR count). The van der Waals surface area contributed by atoms with Gasteiger partial charge in [-0.25, -0.2) is 29.7 Å². The molecule has 0 aromatic carbocycles. The number of carbonyl (C=O) groups is 1. The third kappa shape index (κ3) is 6.58. The first-order valence-corrected chi connectivity index (χ1v) is 12.1. The van der Waals surface area contributed by atoms with E-state index in [1.54, 1.807) is 42.9 Å². The van der Waals surface area contributed by atoms with Gasteiger partial charge in [0.15, 0.2) is 5.82 Å². The summed E-state index contributed by atoms with van der Waals surface area (Å²) in [4.78, 5) is 38.6. The molecule has 4 aromatic rings. The maximum Gasteiger partial charge on any atom is 0.356 e. The van der Waals surface area contributed by atoms with Crippen LogP contribution in [0.25, 0.3) is 11.5 Å². The minimum absolute atomic E-state index is 0.213. The molecular weight excluding hydrogens is 470 g/mol. The topological polar surface area (TPSA) is 140 Å². The molecule has 1 fully saturated rings. The Morgan fingerprint density at radius 3 is 2.62 bits per heavy atom. The molecule has 37 heavy (non-hydrogen) atoms. The van der Waals surface area contributed by atoms with Gasteiger partial charge in [0.1, 0.15) is 29.6 Å². The number of anilines is 4. The van der Waals surface area contributed by atoms with E-state index < -0.39 is 5.97 Å². The molecule has 0 bridgehead atoms. The summed E-state index contributed by atoms with van der Waals surface area (Å²) < 4.78 is 5.41. The van der Waals surface area contributed by atoms with Crippen molar-refractivity contribution in [3.05, 3.63) is 72.4 Å². The van der Waals surface area contributed by atoms with Gasteiger partial charge < -0.3 is 20.7 Å². The van der Waals surface area contributed by atoms with Crippen molar-refractivity contribution in [2.75, 3.05) is 23.8 Å². The predicted molar refractivity (Wildman–Crippen MR) is 139 cm³/mol. The molecule has 1 atom stereocenters. The molecule has 0 radical (unpaired) electrons. The zero-order valence-electron chi connectivity index (χ0n) is 20.4. The molecule has 5 heterocycles. The quantitative estimate of drug-likeness (QED) is 0.306. The van der Waals surface area contributed by atoms with Crippen LogP contribution in [0.2, 0.25) is 0 Å². The Morgan fingerprint density at radius 1 is 0.973 bits per heavy atom.